The van der Waals surface area contributed by atoms with E-state index in [1.807, 2.05) is 6.92 Å². The molecule has 0 fully saturated rings. The van der Waals surface area contributed by atoms with E-state index in [-0.39, 0.29) is 4.90 Å². The predicted octanol–water partition coefficient (Wildman–Crippen LogP) is 1.70. The number of nitrogens with zero attached hydrogens (tertiary/aromatic N) is 1. The van der Waals surface area contributed by atoms with E-state index < -0.39 is 10.0 Å². The van der Waals surface area contributed by atoms with Crippen molar-refractivity contribution in [2.75, 3.05) is 20.1 Å². The van der Waals surface area contributed by atoms with Gasteiger partial charge < -0.3 is 10.6 Å². The van der Waals surface area contributed by atoms with Crippen molar-refractivity contribution >= 4 is 16.0 Å². The number of rotatable bonds is 8. The van der Waals surface area contributed by atoms with Gasteiger partial charge in [-0.1, -0.05) is 26.0 Å². The Bertz CT molecular complexity index is 595. The Hall–Kier alpha value is -1.60. The lowest BCUT2D eigenvalue weighted by molar-refractivity contribution is 0.573. The van der Waals surface area contributed by atoms with Gasteiger partial charge in [-0.2, -0.15) is 0 Å². The highest BCUT2D eigenvalue weighted by Crippen LogP contribution is 2.10. The second-order valence-electron chi connectivity index (χ2n) is 5.66. The van der Waals surface area contributed by atoms with Gasteiger partial charge in [0.05, 0.1) is 11.4 Å². The minimum absolute atomic E-state index is 0.259. The lowest BCUT2D eigenvalue weighted by atomic mass is 10.1. The quantitative estimate of drug-likeness (QED) is 0.497. The molecular formula is C16H28N4O2S. The van der Waals surface area contributed by atoms with Gasteiger partial charge in [-0.3, -0.25) is 0 Å². The summed E-state index contributed by atoms with van der Waals surface area (Å²) < 4.78 is 25.7. The van der Waals surface area contributed by atoms with Crippen molar-refractivity contribution in [1.29, 1.82) is 0 Å². The number of benzene rings is 1. The first-order valence-electron chi connectivity index (χ1n) is 7.93. The molecular weight excluding hydrogens is 312 g/mol. The van der Waals surface area contributed by atoms with Crippen molar-refractivity contribution in [3.63, 3.8) is 0 Å². The van der Waals surface area contributed by atoms with E-state index in [0.29, 0.717) is 12.5 Å². The second-order valence-corrected chi connectivity index (χ2v) is 7.54. The van der Waals surface area contributed by atoms with Gasteiger partial charge in [-0.25, -0.2) is 18.1 Å². The third-order valence-electron chi connectivity index (χ3n) is 3.28. The van der Waals surface area contributed by atoms with Crippen LogP contribution in [0.5, 0.6) is 0 Å². The third-order valence-corrected chi connectivity index (χ3v) is 4.71. The van der Waals surface area contributed by atoms with E-state index in [0.717, 1.165) is 31.0 Å². The number of hydrogen-bond acceptors (Lipinski definition) is 3. The van der Waals surface area contributed by atoms with Crippen LogP contribution >= 0.6 is 0 Å². The van der Waals surface area contributed by atoms with Crippen LogP contribution in [0.4, 0.5) is 0 Å². The summed E-state index contributed by atoms with van der Waals surface area (Å²) in [6.07, 6.45) is 1.08. The van der Waals surface area contributed by atoms with E-state index in [2.05, 4.69) is 34.2 Å². The molecule has 0 bridgehead atoms. The van der Waals surface area contributed by atoms with Crippen molar-refractivity contribution in [3.05, 3.63) is 29.8 Å². The normalized spacial score (nSPS) is 12.5. The van der Waals surface area contributed by atoms with Crippen molar-refractivity contribution in [2.24, 2.45) is 10.9 Å². The van der Waals surface area contributed by atoms with E-state index >= 15 is 0 Å². The Kier molecular flexibility index (Phi) is 8.05. The molecule has 7 heteroatoms. The Morgan fingerprint density at radius 3 is 2.35 bits per heavy atom. The Morgan fingerprint density at radius 2 is 1.83 bits per heavy atom. The first-order valence-corrected chi connectivity index (χ1v) is 9.42. The summed E-state index contributed by atoms with van der Waals surface area (Å²) in [4.78, 5) is 4.78. The first-order chi connectivity index (χ1) is 10.9. The number of hydrogen-bond donors (Lipinski definition) is 3. The molecule has 0 unspecified atom stereocenters. The standard InChI is InChI=1S/C16H28N4O2S/c1-5-18-16(19-11-10-13(2)3)20-12-14-6-8-15(9-7-14)23(21,22)17-4/h6-9,13,17H,5,10-12H2,1-4H3,(H2,18,19,20). The zero-order valence-electron chi connectivity index (χ0n) is 14.4. The van der Waals surface area contributed by atoms with Crippen LogP contribution in [0.2, 0.25) is 0 Å². The summed E-state index contributed by atoms with van der Waals surface area (Å²) in [6.45, 7) is 8.57. The van der Waals surface area contributed by atoms with Crippen LogP contribution in [0.15, 0.2) is 34.2 Å². The molecule has 130 valence electrons. The lowest BCUT2D eigenvalue weighted by Gasteiger charge is -2.12. The number of sulfonamides is 1. The molecule has 0 aliphatic heterocycles. The van der Waals surface area contributed by atoms with Crippen LogP contribution in [0.1, 0.15) is 32.8 Å². The summed E-state index contributed by atoms with van der Waals surface area (Å²) in [5, 5.41) is 6.50. The number of aliphatic imine (C=N–C) groups is 1. The van der Waals surface area contributed by atoms with Gasteiger partial charge in [0, 0.05) is 13.1 Å². The lowest BCUT2D eigenvalue weighted by Crippen LogP contribution is -2.38. The van der Waals surface area contributed by atoms with E-state index in [4.69, 9.17) is 0 Å². The van der Waals surface area contributed by atoms with E-state index in [1.165, 1.54) is 7.05 Å². The molecule has 0 aromatic heterocycles. The zero-order valence-corrected chi connectivity index (χ0v) is 15.2. The van der Waals surface area contributed by atoms with Crippen molar-refractivity contribution in [3.8, 4) is 0 Å². The molecule has 6 nitrogen and oxygen atoms in total. The van der Waals surface area contributed by atoms with Gasteiger partial charge in [-0.05, 0) is 44.0 Å². The number of guanidine groups is 1. The first kappa shape index (κ1) is 19.4. The van der Waals surface area contributed by atoms with Crippen LogP contribution in [-0.2, 0) is 16.6 Å². The average Bonchev–Trinajstić information content (AvgIpc) is 2.52. The maximum absolute atomic E-state index is 11.7. The Labute approximate surface area is 139 Å². The zero-order chi connectivity index (χ0) is 17.3. The van der Waals surface area contributed by atoms with Crippen LogP contribution in [0, 0.1) is 5.92 Å². The van der Waals surface area contributed by atoms with Gasteiger partial charge in [0.1, 0.15) is 0 Å². The molecule has 0 spiro atoms. The molecule has 0 saturated heterocycles. The van der Waals surface area contributed by atoms with Gasteiger partial charge in [0.2, 0.25) is 10.0 Å². The summed E-state index contributed by atoms with van der Waals surface area (Å²) in [7, 11) is -1.98. The molecule has 3 N–H and O–H groups in total. The molecule has 1 aromatic rings. The van der Waals surface area contributed by atoms with Gasteiger partial charge in [0.15, 0.2) is 5.96 Å². The molecule has 0 radical (unpaired) electrons. The number of nitrogens with one attached hydrogen (secondary N) is 3. The van der Waals surface area contributed by atoms with Gasteiger partial charge in [-0.15, -0.1) is 0 Å². The summed E-state index contributed by atoms with van der Waals surface area (Å²) in [5.74, 6) is 1.42. The molecule has 0 saturated carbocycles. The monoisotopic (exact) mass is 340 g/mol. The smallest absolute Gasteiger partial charge is 0.240 e. The minimum Gasteiger partial charge on any atom is -0.357 e. The fourth-order valence-electron chi connectivity index (χ4n) is 1.88. The van der Waals surface area contributed by atoms with Crippen molar-refractivity contribution < 1.29 is 8.42 Å². The topological polar surface area (TPSA) is 82.6 Å². The van der Waals surface area contributed by atoms with Gasteiger partial charge >= 0.3 is 0 Å². The third kappa shape index (κ3) is 7.00. The highest BCUT2D eigenvalue weighted by molar-refractivity contribution is 7.89. The summed E-state index contributed by atoms with van der Waals surface area (Å²) in [5.41, 5.74) is 0.959. The minimum atomic E-state index is -3.39. The van der Waals surface area contributed by atoms with Crippen LogP contribution in [0.3, 0.4) is 0 Å². The van der Waals surface area contributed by atoms with Crippen LogP contribution < -0.4 is 15.4 Å². The van der Waals surface area contributed by atoms with Crippen LogP contribution in [0.25, 0.3) is 0 Å². The van der Waals surface area contributed by atoms with Crippen molar-refractivity contribution in [1.82, 2.24) is 15.4 Å². The maximum atomic E-state index is 11.7. The molecule has 23 heavy (non-hydrogen) atoms. The fraction of sp³-hybridized carbons (Fsp3) is 0.562. The summed E-state index contributed by atoms with van der Waals surface area (Å²) >= 11 is 0. The SMILES string of the molecule is CCNC(=NCc1ccc(S(=O)(=O)NC)cc1)NCCC(C)C. The van der Waals surface area contributed by atoms with Crippen LogP contribution in [-0.4, -0.2) is 34.5 Å². The van der Waals surface area contributed by atoms with E-state index in [1.54, 1.807) is 24.3 Å². The second kappa shape index (κ2) is 9.52. The molecule has 1 rings (SSSR count). The highest BCUT2D eigenvalue weighted by atomic mass is 32.2. The largest absolute Gasteiger partial charge is 0.357 e. The fourth-order valence-corrected chi connectivity index (χ4v) is 2.61. The maximum Gasteiger partial charge on any atom is 0.240 e. The average molecular weight is 340 g/mol. The predicted molar refractivity (Wildman–Crippen MR) is 95.0 cm³/mol. The van der Waals surface area contributed by atoms with Crippen molar-refractivity contribution in [2.45, 2.75) is 38.6 Å². The molecule has 0 aliphatic carbocycles. The molecule has 1 aromatic carbocycles. The molecule has 0 atom stereocenters. The Balaban J connectivity index is 2.68. The molecule has 0 aliphatic rings. The Morgan fingerprint density at radius 1 is 1.17 bits per heavy atom. The van der Waals surface area contributed by atoms with Gasteiger partial charge in [0.25, 0.3) is 0 Å². The molecule has 0 amide bonds. The summed E-state index contributed by atoms with van der Waals surface area (Å²) in [6, 6.07) is 6.75. The molecule has 0 heterocycles. The van der Waals surface area contributed by atoms with E-state index in [9.17, 15) is 8.42 Å². The highest BCUT2D eigenvalue weighted by Gasteiger charge is 2.10.